The van der Waals surface area contributed by atoms with E-state index in [4.69, 9.17) is 5.11 Å². The molecule has 0 fully saturated rings. The summed E-state index contributed by atoms with van der Waals surface area (Å²) in [5.74, 6) is -0.680. The van der Waals surface area contributed by atoms with E-state index >= 15 is 0 Å². The standard InChI is InChI=1S/C23H48N2O2/c1-2-3-14-19-24-20-15-11-9-7-5-4-6-8-10-12-16-21-25-22-17-13-18-23(26)27/h24-25H,2-22H2,1H3,(H,26,27). The summed E-state index contributed by atoms with van der Waals surface area (Å²) in [5.41, 5.74) is 0. The van der Waals surface area contributed by atoms with E-state index in [0.717, 1.165) is 25.9 Å². The van der Waals surface area contributed by atoms with Crippen molar-refractivity contribution in [3.63, 3.8) is 0 Å². The van der Waals surface area contributed by atoms with Crippen molar-refractivity contribution in [3.05, 3.63) is 0 Å². The number of rotatable bonds is 23. The number of hydrogen-bond donors (Lipinski definition) is 3. The summed E-state index contributed by atoms with van der Waals surface area (Å²) >= 11 is 0. The zero-order valence-electron chi connectivity index (χ0n) is 18.2. The van der Waals surface area contributed by atoms with Crippen LogP contribution < -0.4 is 10.6 Å². The Morgan fingerprint density at radius 3 is 1.26 bits per heavy atom. The Labute approximate surface area is 169 Å². The summed E-state index contributed by atoms with van der Waals surface area (Å²) in [4.78, 5) is 10.4. The van der Waals surface area contributed by atoms with Gasteiger partial charge in [-0.1, -0.05) is 77.6 Å². The van der Waals surface area contributed by atoms with Crippen molar-refractivity contribution >= 4 is 5.97 Å². The van der Waals surface area contributed by atoms with Crippen LogP contribution in [-0.2, 0) is 4.79 Å². The number of aliphatic carboxylic acids is 1. The maximum absolute atomic E-state index is 10.4. The maximum Gasteiger partial charge on any atom is 0.303 e. The first kappa shape index (κ1) is 26.4. The summed E-state index contributed by atoms with van der Waals surface area (Å²) in [6.07, 6.45) is 21.2. The Hall–Kier alpha value is -0.610. The highest BCUT2D eigenvalue weighted by Crippen LogP contribution is 2.11. The molecule has 0 spiro atoms. The molecule has 0 aromatic carbocycles. The summed E-state index contributed by atoms with van der Waals surface area (Å²) in [6.45, 7) is 6.72. The molecule has 0 aliphatic carbocycles. The molecule has 0 amide bonds. The lowest BCUT2D eigenvalue weighted by Crippen LogP contribution is -2.16. The number of carbonyl (C=O) groups is 1. The van der Waals surface area contributed by atoms with E-state index < -0.39 is 5.97 Å². The number of carboxylic acids is 1. The SMILES string of the molecule is CCCCCNCCCCCCCCCCCCCNCCCCC(=O)O. The largest absolute Gasteiger partial charge is 0.481 e. The smallest absolute Gasteiger partial charge is 0.303 e. The fourth-order valence-corrected chi connectivity index (χ4v) is 3.37. The van der Waals surface area contributed by atoms with Crippen LogP contribution in [0.25, 0.3) is 0 Å². The van der Waals surface area contributed by atoms with Crippen LogP contribution in [0.2, 0.25) is 0 Å². The Bertz CT molecular complexity index is 298. The van der Waals surface area contributed by atoms with Crippen molar-refractivity contribution in [2.24, 2.45) is 0 Å². The molecule has 0 aromatic heterocycles. The first-order valence-corrected chi connectivity index (χ1v) is 11.9. The van der Waals surface area contributed by atoms with Gasteiger partial charge in [0.1, 0.15) is 0 Å². The molecule has 0 bridgehead atoms. The molecule has 0 saturated heterocycles. The van der Waals surface area contributed by atoms with Crippen molar-refractivity contribution in [3.8, 4) is 0 Å². The second-order valence-corrected chi connectivity index (χ2v) is 7.95. The van der Waals surface area contributed by atoms with E-state index in [9.17, 15) is 4.79 Å². The molecule has 4 nitrogen and oxygen atoms in total. The zero-order chi connectivity index (χ0) is 19.8. The van der Waals surface area contributed by atoms with Gasteiger partial charge in [-0.05, 0) is 58.3 Å². The predicted molar refractivity (Wildman–Crippen MR) is 118 cm³/mol. The number of unbranched alkanes of at least 4 members (excludes halogenated alkanes) is 13. The molecule has 0 unspecified atom stereocenters. The molecule has 0 heterocycles. The van der Waals surface area contributed by atoms with E-state index in [2.05, 4.69) is 17.6 Å². The van der Waals surface area contributed by atoms with Gasteiger partial charge in [-0.15, -0.1) is 0 Å². The minimum atomic E-state index is -0.680. The van der Waals surface area contributed by atoms with Crippen molar-refractivity contribution in [2.45, 2.75) is 116 Å². The topological polar surface area (TPSA) is 61.4 Å². The molecular formula is C23H48N2O2. The lowest BCUT2D eigenvalue weighted by Gasteiger charge is -2.05. The van der Waals surface area contributed by atoms with Crippen LogP contribution in [0.3, 0.4) is 0 Å². The van der Waals surface area contributed by atoms with Crippen molar-refractivity contribution < 1.29 is 9.90 Å². The van der Waals surface area contributed by atoms with E-state index in [-0.39, 0.29) is 0 Å². The molecule has 0 radical (unpaired) electrons. The molecule has 3 N–H and O–H groups in total. The van der Waals surface area contributed by atoms with E-state index in [1.165, 1.54) is 103 Å². The van der Waals surface area contributed by atoms with Gasteiger partial charge in [-0.25, -0.2) is 0 Å². The van der Waals surface area contributed by atoms with E-state index in [1.807, 2.05) is 0 Å². The van der Waals surface area contributed by atoms with Crippen LogP contribution in [0.5, 0.6) is 0 Å². The van der Waals surface area contributed by atoms with E-state index in [1.54, 1.807) is 0 Å². The molecule has 0 saturated carbocycles. The highest BCUT2D eigenvalue weighted by molar-refractivity contribution is 5.66. The molecule has 0 aliphatic heterocycles. The van der Waals surface area contributed by atoms with Gasteiger partial charge in [-0.2, -0.15) is 0 Å². The lowest BCUT2D eigenvalue weighted by molar-refractivity contribution is -0.137. The Morgan fingerprint density at radius 1 is 0.556 bits per heavy atom. The average molecular weight is 385 g/mol. The van der Waals surface area contributed by atoms with Gasteiger partial charge in [0.25, 0.3) is 0 Å². The van der Waals surface area contributed by atoms with E-state index in [0.29, 0.717) is 6.42 Å². The molecule has 0 rings (SSSR count). The minimum Gasteiger partial charge on any atom is -0.481 e. The summed E-state index contributed by atoms with van der Waals surface area (Å²) in [6, 6.07) is 0. The summed E-state index contributed by atoms with van der Waals surface area (Å²) in [5, 5.41) is 15.5. The monoisotopic (exact) mass is 384 g/mol. The third-order valence-corrected chi connectivity index (χ3v) is 5.16. The highest BCUT2D eigenvalue weighted by atomic mass is 16.4. The molecule has 4 heteroatoms. The third kappa shape index (κ3) is 25.4. The Kier molecular flexibility index (Phi) is 22.9. The van der Waals surface area contributed by atoms with Gasteiger partial charge < -0.3 is 15.7 Å². The van der Waals surface area contributed by atoms with Crippen LogP contribution >= 0.6 is 0 Å². The van der Waals surface area contributed by atoms with Gasteiger partial charge in [-0.3, -0.25) is 4.79 Å². The highest BCUT2D eigenvalue weighted by Gasteiger charge is 1.96. The number of carboxylic acid groups (broad SMARTS) is 1. The van der Waals surface area contributed by atoms with Gasteiger partial charge in [0.15, 0.2) is 0 Å². The molecular weight excluding hydrogens is 336 g/mol. The van der Waals surface area contributed by atoms with Crippen LogP contribution in [0.4, 0.5) is 0 Å². The third-order valence-electron chi connectivity index (χ3n) is 5.16. The maximum atomic E-state index is 10.4. The van der Waals surface area contributed by atoms with Crippen LogP contribution in [-0.4, -0.2) is 37.3 Å². The number of nitrogens with one attached hydrogen (secondary N) is 2. The average Bonchev–Trinajstić information content (AvgIpc) is 2.65. The zero-order valence-corrected chi connectivity index (χ0v) is 18.2. The summed E-state index contributed by atoms with van der Waals surface area (Å²) in [7, 11) is 0. The van der Waals surface area contributed by atoms with Crippen molar-refractivity contribution in [2.75, 3.05) is 26.2 Å². The van der Waals surface area contributed by atoms with Crippen LogP contribution in [0, 0.1) is 0 Å². The lowest BCUT2D eigenvalue weighted by atomic mass is 10.1. The number of hydrogen-bond acceptors (Lipinski definition) is 3. The van der Waals surface area contributed by atoms with Gasteiger partial charge >= 0.3 is 5.97 Å². The first-order valence-electron chi connectivity index (χ1n) is 11.9. The molecule has 0 atom stereocenters. The van der Waals surface area contributed by atoms with Crippen molar-refractivity contribution in [1.82, 2.24) is 10.6 Å². The quantitative estimate of drug-likeness (QED) is 0.192. The molecule has 162 valence electrons. The van der Waals surface area contributed by atoms with Gasteiger partial charge in [0, 0.05) is 6.42 Å². The Morgan fingerprint density at radius 2 is 0.889 bits per heavy atom. The second-order valence-electron chi connectivity index (χ2n) is 7.95. The first-order chi connectivity index (χ1) is 13.3. The molecule has 0 aromatic rings. The van der Waals surface area contributed by atoms with Gasteiger partial charge in [0.2, 0.25) is 0 Å². The second kappa shape index (κ2) is 23.4. The summed E-state index contributed by atoms with van der Waals surface area (Å²) < 4.78 is 0. The van der Waals surface area contributed by atoms with Gasteiger partial charge in [0.05, 0.1) is 0 Å². The fraction of sp³-hybridized carbons (Fsp3) is 0.957. The molecule has 0 aliphatic rings. The van der Waals surface area contributed by atoms with Crippen LogP contribution in [0.1, 0.15) is 116 Å². The fourth-order valence-electron chi connectivity index (χ4n) is 3.37. The van der Waals surface area contributed by atoms with Crippen LogP contribution in [0.15, 0.2) is 0 Å². The Balaban J connectivity index is 2.98. The van der Waals surface area contributed by atoms with Crippen molar-refractivity contribution in [1.29, 1.82) is 0 Å². The molecule has 27 heavy (non-hydrogen) atoms. The predicted octanol–water partition coefficient (Wildman–Crippen LogP) is 5.90. The normalized spacial score (nSPS) is 11.1. The minimum absolute atomic E-state index is 0.304.